The second kappa shape index (κ2) is 5.95. The Kier molecular flexibility index (Phi) is 4.30. The lowest BCUT2D eigenvalue weighted by Gasteiger charge is -2.04. The molecule has 0 aromatic carbocycles. The van der Waals surface area contributed by atoms with Gasteiger partial charge in [-0.05, 0) is 12.8 Å². The molecule has 0 bridgehead atoms. The molecule has 0 amide bonds. The van der Waals surface area contributed by atoms with E-state index in [1.54, 1.807) is 11.3 Å². The van der Waals surface area contributed by atoms with Gasteiger partial charge in [0.2, 0.25) is 5.13 Å². The van der Waals surface area contributed by atoms with E-state index in [9.17, 15) is 0 Å². The summed E-state index contributed by atoms with van der Waals surface area (Å²) in [5, 5.41) is 13.6. The van der Waals surface area contributed by atoms with Crippen molar-refractivity contribution in [1.82, 2.24) is 19.7 Å². The van der Waals surface area contributed by atoms with Crippen LogP contribution < -0.4 is 5.32 Å². The number of aryl methyl sites for hydroxylation is 1. The Bertz CT molecular complexity index is 488. The van der Waals surface area contributed by atoms with Crippen LogP contribution in [0, 0.1) is 5.92 Å². The van der Waals surface area contributed by atoms with E-state index < -0.39 is 0 Å². The lowest BCUT2D eigenvalue weighted by molar-refractivity contribution is 0.640. The van der Waals surface area contributed by atoms with Gasteiger partial charge in [0, 0.05) is 19.2 Å². The molecule has 18 heavy (non-hydrogen) atoms. The molecule has 0 unspecified atom stereocenters. The van der Waals surface area contributed by atoms with Crippen molar-refractivity contribution in [3.8, 4) is 0 Å². The quantitative estimate of drug-likeness (QED) is 0.872. The highest BCUT2D eigenvalue weighted by Gasteiger charge is 2.07. The maximum absolute atomic E-state index is 4.18. The third-order valence-corrected chi connectivity index (χ3v) is 3.51. The summed E-state index contributed by atoms with van der Waals surface area (Å²) in [4.78, 5) is 4.14. The molecule has 0 fully saturated rings. The second-order valence-electron chi connectivity index (χ2n) is 4.62. The first-order chi connectivity index (χ1) is 8.69. The Morgan fingerprint density at radius 1 is 1.39 bits per heavy atom. The van der Waals surface area contributed by atoms with Crippen molar-refractivity contribution in [2.75, 3.05) is 5.32 Å². The molecule has 5 nitrogen and oxygen atoms in total. The zero-order valence-electron chi connectivity index (χ0n) is 11.1. The van der Waals surface area contributed by atoms with Crippen molar-refractivity contribution in [1.29, 1.82) is 0 Å². The third kappa shape index (κ3) is 3.29. The molecule has 0 saturated heterocycles. The Balaban J connectivity index is 1.92. The molecule has 2 heterocycles. The standard InChI is InChI=1S/C12H19N5S/c1-4-17-8-13-6-10(17)7-14-12-16-15-11(18-12)5-9(2)3/h6,8-9H,4-5,7H2,1-3H3,(H,14,16). The van der Waals surface area contributed by atoms with Crippen LogP contribution in [-0.2, 0) is 19.5 Å². The number of hydrogen-bond donors (Lipinski definition) is 1. The van der Waals surface area contributed by atoms with Crippen LogP contribution >= 0.6 is 11.3 Å². The maximum Gasteiger partial charge on any atom is 0.205 e. The van der Waals surface area contributed by atoms with Crippen molar-refractivity contribution in [2.45, 2.75) is 40.3 Å². The molecule has 0 saturated carbocycles. The van der Waals surface area contributed by atoms with Gasteiger partial charge in [-0.15, -0.1) is 10.2 Å². The molecule has 2 aromatic rings. The molecule has 2 aromatic heterocycles. The summed E-state index contributed by atoms with van der Waals surface area (Å²) in [6, 6.07) is 0. The second-order valence-corrected chi connectivity index (χ2v) is 5.69. The minimum absolute atomic E-state index is 0.618. The van der Waals surface area contributed by atoms with Crippen molar-refractivity contribution in [3.63, 3.8) is 0 Å². The summed E-state index contributed by atoms with van der Waals surface area (Å²) in [6.07, 6.45) is 4.72. The predicted octanol–water partition coefficient (Wildman–Crippen LogP) is 2.57. The van der Waals surface area contributed by atoms with E-state index in [-0.39, 0.29) is 0 Å². The number of nitrogens with zero attached hydrogens (tertiary/aromatic N) is 4. The highest BCUT2D eigenvalue weighted by Crippen LogP contribution is 2.18. The molecule has 0 aliphatic rings. The Morgan fingerprint density at radius 2 is 2.22 bits per heavy atom. The first-order valence-corrected chi connectivity index (χ1v) is 7.06. The van der Waals surface area contributed by atoms with Gasteiger partial charge in [-0.1, -0.05) is 25.2 Å². The first-order valence-electron chi connectivity index (χ1n) is 6.24. The summed E-state index contributed by atoms with van der Waals surface area (Å²) < 4.78 is 2.11. The number of nitrogens with one attached hydrogen (secondary N) is 1. The first kappa shape index (κ1) is 13.0. The smallest absolute Gasteiger partial charge is 0.205 e. The fourth-order valence-electron chi connectivity index (χ4n) is 1.70. The molecule has 1 N–H and O–H groups in total. The van der Waals surface area contributed by atoms with Crippen molar-refractivity contribution in [2.24, 2.45) is 5.92 Å². The number of hydrogen-bond acceptors (Lipinski definition) is 5. The van der Waals surface area contributed by atoms with Crippen molar-refractivity contribution >= 4 is 16.5 Å². The normalized spacial score (nSPS) is 11.1. The van der Waals surface area contributed by atoms with Gasteiger partial charge in [-0.2, -0.15) is 0 Å². The summed E-state index contributed by atoms with van der Waals surface area (Å²) >= 11 is 1.63. The van der Waals surface area contributed by atoms with Gasteiger partial charge in [0.1, 0.15) is 5.01 Å². The van der Waals surface area contributed by atoms with E-state index in [0.717, 1.165) is 35.3 Å². The van der Waals surface area contributed by atoms with Crippen LogP contribution in [0.1, 0.15) is 31.5 Å². The van der Waals surface area contributed by atoms with Crippen LogP contribution in [-0.4, -0.2) is 19.7 Å². The minimum Gasteiger partial charge on any atom is -0.354 e. The zero-order valence-corrected chi connectivity index (χ0v) is 11.9. The van der Waals surface area contributed by atoms with Crippen LogP contribution in [0.15, 0.2) is 12.5 Å². The van der Waals surface area contributed by atoms with Crippen LogP contribution in [0.2, 0.25) is 0 Å². The molecule has 0 atom stereocenters. The van der Waals surface area contributed by atoms with Gasteiger partial charge >= 0.3 is 0 Å². The molecular formula is C12H19N5S. The topological polar surface area (TPSA) is 55.6 Å². The monoisotopic (exact) mass is 265 g/mol. The minimum atomic E-state index is 0.618. The molecule has 0 spiro atoms. The van der Waals surface area contributed by atoms with Gasteiger partial charge in [-0.3, -0.25) is 0 Å². The van der Waals surface area contributed by atoms with Gasteiger partial charge in [-0.25, -0.2) is 4.98 Å². The van der Waals surface area contributed by atoms with Gasteiger partial charge in [0.15, 0.2) is 0 Å². The van der Waals surface area contributed by atoms with Crippen LogP contribution in [0.5, 0.6) is 0 Å². The zero-order chi connectivity index (χ0) is 13.0. The summed E-state index contributed by atoms with van der Waals surface area (Å²) in [7, 11) is 0. The van der Waals surface area contributed by atoms with Crippen molar-refractivity contribution < 1.29 is 0 Å². The average Bonchev–Trinajstić information content (AvgIpc) is 2.93. The molecule has 2 rings (SSSR count). The number of rotatable bonds is 6. The Labute approximate surface area is 111 Å². The SMILES string of the molecule is CCn1cncc1CNc1nnc(CC(C)C)s1. The average molecular weight is 265 g/mol. The lowest BCUT2D eigenvalue weighted by atomic mass is 10.1. The Hall–Kier alpha value is -1.43. The van der Waals surface area contributed by atoms with E-state index in [0.29, 0.717) is 5.92 Å². The highest BCUT2D eigenvalue weighted by molar-refractivity contribution is 7.15. The molecule has 98 valence electrons. The van der Waals surface area contributed by atoms with Crippen LogP contribution in [0.25, 0.3) is 0 Å². The van der Waals surface area contributed by atoms with Gasteiger partial charge in [0.05, 0.1) is 18.6 Å². The predicted molar refractivity (Wildman–Crippen MR) is 73.7 cm³/mol. The number of aromatic nitrogens is 4. The third-order valence-electron chi connectivity index (χ3n) is 2.61. The highest BCUT2D eigenvalue weighted by atomic mass is 32.1. The number of anilines is 1. The fourth-order valence-corrected chi connectivity index (χ4v) is 2.65. The summed E-state index contributed by atoms with van der Waals surface area (Å²) in [5.74, 6) is 0.618. The summed E-state index contributed by atoms with van der Waals surface area (Å²) in [5.41, 5.74) is 1.16. The number of imidazole rings is 1. The fraction of sp³-hybridized carbons (Fsp3) is 0.583. The van der Waals surface area contributed by atoms with Crippen molar-refractivity contribution in [3.05, 3.63) is 23.2 Å². The molecule has 0 radical (unpaired) electrons. The van der Waals surface area contributed by atoms with E-state index in [1.165, 1.54) is 0 Å². The van der Waals surface area contributed by atoms with Gasteiger partial charge in [0.25, 0.3) is 0 Å². The van der Waals surface area contributed by atoms with E-state index in [4.69, 9.17) is 0 Å². The van der Waals surface area contributed by atoms with E-state index in [2.05, 4.69) is 45.8 Å². The largest absolute Gasteiger partial charge is 0.354 e. The van der Waals surface area contributed by atoms with Gasteiger partial charge < -0.3 is 9.88 Å². The maximum atomic E-state index is 4.18. The Morgan fingerprint density at radius 3 is 2.94 bits per heavy atom. The lowest BCUT2D eigenvalue weighted by Crippen LogP contribution is -2.05. The molecule has 6 heteroatoms. The van der Waals surface area contributed by atoms with Crippen LogP contribution in [0.4, 0.5) is 5.13 Å². The van der Waals surface area contributed by atoms with E-state index >= 15 is 0 Å². The van der Waals surface area contributed by atoms with E-state index in [1.807, 2.05) is 12.5 Å². The summed E-state index contributed by atoms with van der Waals surface area (Å²) in [6.45, 7) is 8.16. The molecule has 0 aliphatic heterocycles. The molecule has 0 aliphatic carbocycles. The van der Waals surface area contributed by atoms with Crippen LogP contribution in [0.3, 0.4) is 0 Å². The molecular weight excluding hydrogens is 246 g/mol.